The van der Waals surface area contributed by atoms with Crippen molar-refractivity contribution in [2.75, 3.05) is 27.4 Å². The van der Waals surface area contributed by atoms with Gasteiger partial charge in [0.2, 0.25) is 0 Å². The summed E-state index contributed by atoms with van der Waals surface area (Å²) in [5.41, 5.74) is 1.43. The molecule has 2 saturated heterocycles. The van der Waals surface area contributed by atoms with Gasteiger partial charge in [-0.3, -0.25) is 9.59 Å². The number of ether oxygens (including phenoxy) is 6. The predicted molar refractivity (Wildman–Crippen MR) is 223 cm³/mol. The minimum atomic E-state index is -1.66. The lowest BCUT2D eigenvalue weighted by Gasteiger charge is -2.46. The normalized spacial score (nSPS) is 26.2. The van der Waals surface area contributed by atoms with Crippen LogP contribution in [0.4, 0.5) is 0 Å². The number of nitrogens with one attached hydrogen (secondary N) is 2. The predicted octanol–water partition coefficient (Wildman–Crippen LogP) is 1.99. The van der Waals surface area contributed by atoms with Crippen molar-refractivity contribution >= 4 is 23.6 Å². The number of aliphatic hydroxyl groups is 6. The molecule has 17 heteroatoms. The first-order valence-corrected chi connectivity index (χ1v) is 20.5. The molecule has 2 aliphatic rings. The first-order chi connectivity index (χ1) is 29.3. The molecule has 328 valence electrons. The van der Waals surface area contributed by atoms with E-state index in [0.29, 0.717) is 34.8 Å². The van der Waals surface area contributed by atoms with E-state index >= 15 is 0 Å². The second kappa shape index (κ2) is 20.7. The fraction of sp³-hybridized carbons (Fsp3) is 0.409. The third kappa shape index (κ3) is 11.3. The van der Waals surface area contributed by atoms with Gasteiger partial charge in [0.1, 0.15) is 83.7 Å². The van der Waals surface area contributed by atoms with Crippen LogP contribution in [-0.4, -0.2) is 129 Å². The van der Waals surface area contributed by atoms with Crippen molar-refractivity contribution in [2.45, 2.75) is 86.6 Å². The van der Waals surface area contributed by atoms with Gasteiger partial charge in [-0.05, 0) is 49.2 Å². The number of aliphatic hydroxyl groups excluding tert-OH is 6. The highest BCUT2D eigenvalue weighted by Gasteiger charge is 2.51. The molecule has 16 nitrogen and oxygen atoms in total. The summed E-state index contributed by atoms with van der Waals surface area (Å²) in [5, 5.41) is 71.0. The first kappa shape index (κ1) is 45.6. The van der Waals surface area contributed by atoms with Crippen molar-refractivity contribution in [2.24, 2.45) is 0 Å². The smallest absolute Gasteiger partial charge is 0.251 e. The van der Waals surface area contributed by atoms with E-state index < -0.39 is 84.6 Å². The van der Waals surface area contributed by atoms with Crippen LogP contribution in [0.25, 0.3) is 0 Å². The van der Waals surface area contributed by atoms with E-state index in [1.807, 2.05) is 62.4 Å². The summed E-state index contributed by atoms with van der Waals surface area (Å²) in [4.78, 5) is 27.4. The molecular formula is C44H52N2O14S. The molecule has 2 heterocycles. The molecule has 0 saturated carbocycles. The second-order valence-electron chi connectivity index (χ2n) is 14.9. The lowest BCUT2D eigenvalue weighted by molar-refractivity contribution is -0.175. The van der Waals surface area contributed by atoms with Crippen molar-refractivity contribution < 1.29 is 68.6 Å². The van der Waals surface area contributed by atoms with E-state index in [9.17, 15) is 40.2 Å². The molecule has 8 N–H and O–H groups in total. The fourth-order valence-corrected chi connectivity index (χ4v) is 8.19. The quantitative estimate of drug-likeness (QED) is 0.0805. The molecule has 0 aromatic heterocycles. The van der Waals surface area contributed by atoms with E-state index in [0.717, 1.165) is 22.3 Å². The Morgan fingerprint density at radius 3 is 1.28 bits per heavy atom. The molecule has 0 aliphatic carbocycles. The van der Waals surface area contributed by atoms with Crippen LogP contribution in [-0.2, 0) is 22.7 Å². The molecule has 61 heavy (non-hydrogen) atoms. The van der Waals surface area contributed by atoms with Crippen LogP contribution in [0.5, 0.6) is 23.0 Å². The Bertz CT molecular complexity index is 1940. The molecule has 4 aromatic carbocycles. The molecule has 6 rings (SSSR count). The topological polar surface area (TPSA) is 235 Å². The average Bonchev–Trinajstić information content (AvgIpc) is 3.27. The Morgan fingerprint density at radius 1 is 0.574 bits per heavy atom. The number of methoxy groups -OCH3 is 2. The lowest BCUT2D eigenvalue weighted by atomic mass is 9.96. The Kier molecular flexibility index (Phi) is 15.5. The summed E-state index contributed by atoms with van der Waals surface area (Å²) < 4.78 is 34.3. The van der Waals surface area contributed by atoms with Gasteiger partial charge in [0.15, 0.2) is 0 Å². The summed E-state index contributed by atoms with van der Waals surface area (Å²) in [6.45, 7) is 2.94. The highest BCUT2D eigenvalue weighted by molar-refractivity contribution is 8.00. The van der Waals surface area contributed by atoms with Crippen LogP contribution in [0.2, 0.25) is 0 Å². The Balaban J connectivity index is 1.15. The van der Waals surface area contributed by atoms with E-state index in [1.54, 1.807) is 12.1 Å². The Hall–Kier alpha value is -4.95. The second-order valence-corrected chi connectivity index (χ2v) is 16.1. The maximum Gasteiger partial charge on any atom is 0.251 e. The third-order valence-electron chi connectivity index (χ3n) is 10.4. The van der Waals surface area contributed by atoms with Gasteiger partial charge in [-0.1, -0.05) is 71.4 Å². The van der Waals surface area contributed by atoms with Crippen LogP contribution >= 0.6 is 11.8 Å². The largest absolute Gasteiger partial charge is 0.497 e. The number of hydrogen-bond acceptors (Lipinski definition) is 15. The number of amides is 2. The number of carbonyl (C=O) groups is 2. The molecule has 2 aliphatic heterocycles. The molecule has 2 fully saturated rings. The lowest BCUT2D eigenvalue weighted by Crippen LogP contribution is -2.66. The van der Waals surface area contributed by atoms with E-state index in [2.05, 4.69) is 10.6 Å². The molecular weight excluding hydrogens is 813 g/mol. The van der Waals surface area contributed by atoms with E-state index in [-0.39, 0.29) is 24.3 Å². The van der Waals surface area contributed by atoms with Gasteiger partial charge in [0.25, 0.3) is 11.8 Å². The van der Waals surface area contributed by atoms with Crippen LogP contribution in [0.3, 0.4) is 0 Å². The average molecular weight is 865 g/mol. The van der Waals surface area contributed by atoms with Crippen LogP contribution in [0.1, 0.15) is 43.0 Å². The van der Waals surface area contributed by atoms with Crippen molar-refractivity contribution in [3.63, 3.8) is 0 Å². The van der Waals surface area contributed by atoms with Crippen molar-refractivity contribution in [1.82, 2.24) is 10.6 Å². The number of thioether (sulfide) groups is 1. The van der Waals surface area contributed by atoms with Gasteiger partial charge in [0, 0.05) is 23.3 Å². The molecule has 4 aromatic rings. The molecule has 0 bridgehead atoms. The highest BCUT2D eigenvalue weighted by atomic mass is 32.2. The summed E-state index contributed by atoms with van der Waals surface area (Å²) in [5.74, 6) is -0.167. The molecule has 10 atom stereocenters. The Labute approximate surface area is 357 Å². The van der Waals surface area contributed by atoms with Gasteiger partial charge >= 0.3 is 0 Å². The Morgan fingerprint density at radius 2 is 0.934 bits per heavy atom. The van der Waals surface area contributed by atoms with Gasteiger partial charge in [-0.25, -0.2) is 0 Å². The summed E-state index contributed by atoms with van der Waals surface area (Å²) in [6, 6.07) is 21.7. The fourth-order valence-electron chi connectivity index (χ4n) is 6.85. The number of carbonyl (C=O) groups excluding carboxylic acids is 2. The monoisotopic (exact) mass is 864 g/mol. The summed E-state index contributed by atoms with van der Waals surface area (Å²) in [7, 11) is 2.85. The summed E-state index contributed by atoms with van der Waals surface area (Å²) in [6.07, 6.45) is -9.12. The summed E-state index contributed by atoms with van der Waals surface area (Å²) >= 11 is 0.710. The standard InChI is InChI=1S/C44H52N2O14S/c1-23-5-9-25(10-6-23)21-57-31-15-27(13-29(17-31)55-3)41(53)45-35-37(49)33(19-47)59-43(39(35)51)61-44-40(52)36(38(50)34(20-48)60-44)46-42(54)28-14-30(56-4)18-32(16-28)58-22-26-11-7-24(2)8-12-26/h5-18,33-40,43-44,47-52H,19-22H2,1-4H3,(H,45,53)(H,46,54)/t33-,34-,35+,36+,37+,38+,39-,40-,43+,44+/m1/s1. The van der Waals surface area contributed by atoms with Gasteiger partial charge in [-0.15, -0.1) is 0 Å². The zero-order valence-corrected chi connectivity index (χ0v) is 34.9. The van der Waals surface area contributed by atoms with Crippen molar-refractivity contribution in [3.05, 3.63) is 118 Å². The van der Waals surface area contributed by atoms with Crippen molar-refractivity contribution in [3.8, 4) is 23.0 Å². The van der Waals surface area contributed by atoms with E-state index in [1.165, 1.54) is 38.5 Å². The highest BCUT2D eigenvalue weighted by Crippen LogP contribution is 2.37. The van der Waals surface area contributed by atoms with E-state index in [4.69, 9.17) is 28.4 Å². The number of rotatable bonds is 16. The minimum Gasteiger partial charge on any atom is -0.497 e. The van der Waals surface area contributed by atoms with Crippen LogP contribution in [0, 0.1) is 13.8 Å². The third-order valence-corrected chi connectivity index (χ3v) is 11.8. The van der Waals surface area contributed by atoms with Crippen LogP contribution in [0.15, 0.2) is 84.9 Å². The molecule has 0 radical (unpaired) electrons. The number of hydrogen-bond donors (Lipinski definition) is 8. The maximum absolute atomic E-state index is 13.7. The van der Waals surface area contributed by atoms with Gasteiger partial charge in [-0.2, -0.15) is 0 Å². The number of aryl methyl sites for hydroxylation is 2. The molecule has 0 spiro atoms. The minimum absolute atomic E-state index is 0.0827. The first-order valence-electron chi connectivity index (χ1n) is 19.6. The maximum atomic E-state index is 13.7. The SMILES string of the molecule is COc1cc(OCc2ccc(C)cc2)cc(C(=O)N[C@H]2[C@@H](O)[C@@H](CO)O[C@@H](S[C@@H]3O[C@H](CO)[C@H](O)[C@H](NC(=O)c4cc(OC)cc(OCc5ccc(C)cc5)c4)[C@H]3O)[C@@H]2O)c1. The van der Waals surface area contributed by atoms with Crippen LogP contribution < -0.4 is 29.6 Å². The number of benzene rings is 4. The zero-order valence-electron chi connectivity index (χ0n) is 34.0. The zero-order chi connectivity index (χ0) is 43.8. The van der Waals surface area contributed by atoms with Crippen molar-refractivity contribution in [1.29, 1.82) is 0 Å². The molecule has 0 unspecified atom stereocenters. The van der Waals surface area contributed by atoms with Gasteiger partial charge in [0.05, 0.1) is 39.5 Å². The van der Waals surface area contributed by atoms with Gasteiger partial charge < -0.3 is 69.7 Å². The molecule has 2 amide bonds.